The molecule has 106 valence electrons. The van der Waals surface area contributed by atoms with Gasteiger partial charge in [0.15, 0.2) is 0 Å². The van der Waals surface area contributed by atoms with E-state index in [1.807, 2.05) is 13.0 Å². The van der Waals surface area contributed by atoms with Crippen LogP contribution < -0.4 is 10.6 Å². The summed E-state index contributed by atoms with van der Waals surface area (Å²) in [5, 5.41) is 6.06. The van der Waals surface area contributed by atoms with Crippen molar-refractivity contribution in [1.82, 2.24) is 15.5 Å². The zero-order chi connectivity index (χ0) is 14.3. The van der Waals surface area contributed by atoms with Crippen LogP contribution >= 0.6 is 0 Å². The second-order valence-corrected chi connectivity index (χ2v) is 4.82. The quantitative estimate of drug-likeness (QED) is 0.769. The number of nitrogens with zero attached hydrogens (tertiary/aromatic N) is 1. The van der Waals surface area contributed by atoms with Crippen LogP contribution in [-0.2, 0) is 6.42 Å². The molecule has 1 rings (SSSR count). The van der Waals surface area contributed by atoms with Crippen molar-refractivity contribution in [2.45, 2.75) is 19.4 Å². The maximum atomic E-state index is 13.0. The van der Waals surface area contributed by atoms with Crippen molar-refractivity contribution in [3.63, 3.8) is 0 Å². The Bertz CT molecular complexity index is 409. The van der Waals surface area contributed by atoms with Crippen LogP contribution in [0.25, 0.3) is 0 Å². The molecule has 4 nitrogen and oxygen atoms in total. The first kappa shape index (κ1) is 15.4. The number of amides is 2. The van der Waals surface area contributed by atoms with Gasteiger partial charge in [0.1, 0.15) is 5.82 Å². The van der Waals surface area contributed by atoms with Gasteiger partial charge in [0.25, 0.3) is 0 Å². The molecule has 0 saturated heterocycles. The molecule has 1 atom stereocenters. The van der Waals surface area contributed by atoms with Crippen molar-refractivity contribution in [3.8, 4) is 0 Å². The molecule has 1 unspecified atom stereocenters. The molecule has 5 heteroatoms. The topological polar surface area (TPSA) is 44.4 Å². The van der Waals surface area contributed by atoms with Gasteiger partial charge < -0.3 is 15.5 Å². The SMILES string of the molecule is CC(Cc1cccc(F)c1)NCCNC(=O)N(C)C. The normalized spacial score (nSPS) is 12.0. The van der Waals surface area contributed by atoms with E-state index in [1.165, 1.54) is 11.0 Å². The zero-order valence-electron chi connectivity index (χ0n) is 11.7. The van der Waals surface area contributed by atoms with E-state index in [0.717, 1.165) is 12.0 Å². The Morgan fingerprint density at radius 1 is 1.37 bits per heavy atom. The number of benzene rings is 1. The Balaban J connectivity index is 2.21. The van der Waals surface area contributed by atoms with Crippen LogP contribution in [0.3, 0.4) is 0 Å². The van der Waals surface area contributed by atoms with Gasteiger partial charge >= 0.3 is 6.03 Å². The van der Waals surface area contributed by atoms with Gasteiger partial charge in [-0.05, 0) is 31.0 Å². The molecule has 0 saturated carbocycles. The standard InChI is InChI=1S/C14H22FN3O/c1-11(9-12-5-4-6-13(15)10-12)16-7-8-17-14(19)18(2)3/h4-6,10-11,16H,7-9H2,1-3H3,(H,17,19). The molecule has 19 heavy (non-hydrogen) atoms. The summed E-state index contributed by atoms with van der Waals surface area (Å²) in [5.41, 5.74) is 0.970. The van der Waals surface area contributed by atoms with Gasteiger partial charge in [-0.25, -0.2) is 9.18 Å². The first-order chi connectivity index (χ1) is 8.99. The Morgan fingerprint density at radius 3 is 2.74 bits per heavy atom. The minimum Gasteiger partial charge on any atom is -0.337 e. The Hall–Kier alpha value is -1.62. The smallest absolute Gasteiger partial charge is 0.316 e. The molecule has 2 amide bonds. The molecule has 0 aromatic heterocycles. The summed E-state index contributed by atoms with van der Waals surface area (Å²) in [6.45, 7) is 3.30. The first-order valence-corrected chi connectivity index (χ1v) is 6.42. The lowest BCUT2D eigenvalue weighted by molar-refractivity contribution is 0.217. The average molecular weight is 267 g/mol. The molecule has 0 radical (unpaired) electrons. The maximum Gasteiger partial charge on any atom is 0.316 e. The summed E-state index contributed by atoms with van der Waals surface area (Å²) < 4.78 is 13.0. The number of carbonyl (C=O) groups is 1. The predicted molar refractivity (Wildman–Crippen MR) is 74.7 cm³/mol. The van der Waals surface area contributed by atoms with Crippen LogP contribution in [0.4, 0.5) is 9.18 Å². The van der Waals surface area contributed by atoms with Gasteiger partial charge in [0, 0.05) is 33.2 Å². The first-order valence-electron chi connectivity index (χ1n) is 6.42. The monoisotopic (exact) mass is 267 g/mol. The van der Waals surface area contributed by atoms with E-state index < -0.39 is 0 Å². The fraction of sp³-hybridized carbons (Fsp3) is 0.500. The number of nitrogens with one attached hydrogen (secondary N) is 2. The Labute approximate surface area is 114 Å². The third-order valence-corrected chi connectivity index (χ3v) is 2.73. The van der Waals surface area contributed by atoms with E-state index in [1.54, 1.807) is 26.2 Å². The number of hydrogen-bond donors (Lipinski definition) is 2. The average Bonchev–Trinajstić information content (AvgIpc) is 2.34. The highest BCUT2D eigenvalue weighted by atomic mass is 19.1. The molecule has 0 spiro atoms. The predicted octanol–water partition coefficient (Wildman–Crippen LogP) is 1.62. The number of hydrogen-bond acceptors (Lipinski definition) is 2. The highest BCUT2D eigenvalue weighted by molar-refractivity contribution is 5.73. The Morgan fingerprint density at radius 2 is 2.11 bits per heavy atom. The lowest BCUT2D eigenvalue weighted by Gasteiger charge is -2.16. The van der Waals surface area contributed by atoms with Crippen molar-refractivity contribution in [2.24, 2.45) is 0 Å². The van der Waals surface area contributed by atoms with E-state index in [0.29, 0.717) is 13.1 Å². The van der Waals surface area contributed by atoms with Crippen LogP contribution in [-0.4, -0.2) is 44.2 Å². The van der Waals surface area contributed by atoms with Crippen molar-refractivity contribution in [3.05, 3.63) is 35.6 Å². The second kappa shape index (κ2) is 7.74. The van der Waals surface area contributed by atoms with Crippen molar-refractivity contribution in [2.75, 3.05) is 27.2 Å². The summed E-state index contributed by atoms with van der Waals surface area (Å²) in [5.74, 6) is -0.206. The number of urea groups is 1. The van der Waals surface area contributed by atoms with Gasteiger partial charge in [-0.15, -0.1) is 0 Å². The molecular formula is C14H22FN3O. The van der Waals surface area contributed by atoms with Crippen LogP contribution in [0.15, 0.2) is 24.3 Å². The van der Waals surface area contributed by atoms with Crippen molar-refractivity contribution >= 4 is 6.03 Å². The van der Waals surface area contributed by atoms with Crippen molar-refractivity contribution in [1.29, 1.82) is 0 Å². The van der Waals surface area contributed by atoms with E-state index in [2.05, 4.69) is 10.6 Å². The molecule has 0 aliphatic heterocycles. The summed E-state index contributed by atoms with van der Waals surface area (Å²) in [4.78, 5) is 12.8. The van der Waals surface area contributed by atoms with E-state index in [4.69, 9.17) is 0 Å². The summed E-state index contributed by atoms with van der Waals surface area (Å²) >= 11 is 0. The molecule has 0 aliphatic carbocycles. The maximum absolute atomic E-state index is 13.0. The van der Waals surface area contributed by atoms with E-state index >= 15 is 0 Å². The minimum atomic E-state index is -0.206. The summed E-state index contributed by atoms with van der Waals surface area (Å²) in [6, 6.07) is 6.76. The van der Waals surface area contributed by atoms with E-state index in [-0.39, 0.29) is 17.9 Å². The molecule has 0 aliphatic rings. The zero-order valence-corrected chi connectivity index (χ0v) is 11.7. The molecule has 0 fully saturated rings. The van der Waals surface area contributed by atoms with Crippen LogP contribution in [0, 0.1) is 5.82 Å². The summed E-state index contributed by atoms with van der Waals surface area (Å²) in [6.07, 6.45) is 0.763. The van der Waals surface area contributed by atoms with Crippen LogP contribution in [0.2, 0.25) is 0 Å². The van der Waals surface area contributed by atoms with Gasteiger partial charge in [0.2, 0.25) is 0 Å². The molecule has 0 heterocycles. The van der Waals surface area contributed by atoms with Crippen LogP contribution in [0.5, 0.6) is 0 Å². The number of carbonyl (C=O) groups excluding carboxylic acids is 1. The molecule has 0 bridgehead atoms. The molecular weight excluding hydrogens is 245 g/mol. The highest BCUT2D eigenvalue weighted by Crippen LogP contribution is 2.06. The Kier molecular flexibility index (Phi) is 6.29. The van der Waals surface area contributed by atoms with Crippen LogP contribution in [0.1, 0.15) is 12.5 Å². The second-order valence-electron chi connectivity index (χ2n) is 4.82. The van der Waals surface area contributed by atoms with Gasteiger partial charge in [-0.2, -0.15) is 0 Å². The van der Waals surface area contributed by atoms with Gasteiger partial charge in [-0.3, -0.25) is 0 Å². The molecule has 1 aromatic carbocycles. The number of halogens is 1. The molecule has 1 aromatic rings. The lowest BCUT2D eigenvalue weighted by Crippen LogP contribution is -2.40. The lowest BCUT2D eigenvalue weighted by atomic mass is 10.1. The van der Waals surface area contributed by atoms with Gasteiger partial charge in [0.05, 0.1) is 0 Å². The van der Waals surface area contributed by atoms with E-state index in [9.17, 15) is 9.18 Å². The minimum absolute atomic E-state index is 0.0976. The third-order valence-electron chi connectivity index (χ3n) is 2.73. The third kappa shape index (κ3) is 6.20. The van der Waals surface area contributed by atoms with Gasteiger partial charge in [-0.1, -0.05) is 12.1 Å². The molecule has 2 N–H and O–H groups in total. The largest absolute Gasteiger partial charge is 0.337 e. The fourth-order valence-electron chi connectivity index (χ4n) is 1.74. The number of rotatable bonds is 6. The highest BCUT2D eigenvalue weighted by Gasteiger charge is 2.05. The van der Waals surface area contributed by atoms with Crippen molar-refractivity contribution < 1.29 is 9.18 Å². The fourth-order valence-corrected chi connectivity index (χ4v) is 1.74. The summed E-state index contributed by atoms with van der Waals surface area (Å²) in [7, 11) is 3.41.